The molecule has 0 N–H and O–H groups in total. The van der Waals surface area contributed by atoms with Crippen LogP contribution in [0.2, 0.25) is 0 Å². The van der Waals surface area contributed by atoms with Gasteiger partial charge in [0.05, 0.1) is 0 Å². The summed E-state index contributed by atoms with van der Waals surface area (Å²) >= 11 is 0. The van der Waals surface area contributed by atoms with Crippen molar-refractivity contribution >= 4 is 11.8 Å². The normalized spacial score (nSPS) is 11.1. The molecule has 0 spiro atoms. The number of hydrogen-bond acceptors (Lipinski definition) is 2. The maximum Gasteiger partial charge on any atom is 0.111 e. The molecule has 1 aromatic rings. The van der Waals surface area contributed by atoms with Gasteiger partial charge in [-0.1, -0.05) is 6.58 Å². The van der Waals surface area contributed by atoms with E-state index in [0.29, 0.717) is 0 Å². The molecule has 0 fully saturated rings. The van der Waals surface area contributed by atoms with Crippen molar-refractivity contribution in [3.63, 3.8) is 0 Å². The fourth-order valence-corrected chi connectivity index (χ4v) is 1.37. The van der Waals surface area contributed by atoms with Gasteiger partial charge in [0.2, 0.25) is 0 Å². The molecule has 0 saturated heterocycles. The van der Waals surface area contributed by atoms with Crippen LogP contribution in [0.4, 0.5) is 0 Å². The SMILES string of the molecule is C=C(C)c1c(C=NC)nn(C)c1C. The monoisotopic (exact) mass is 177 g/mol. The molecule has 1 rings (SSSR count). The Labute approximate surface area is 78.8 Å². The molecule has 0 unspecified atom stereocenters. The zero-order valence-corrected chi connectivity index (χ0v) is 8.63. The van der Waals surface area contributed by atoms with Gasteiger partial charge in [-0.15, -0.1) is 0 Å². The van der Waals surface area contributed by atoms with Gasteiger partial charge in [0.25, 0.3) is 0 Å². The summed E-state index contributed by atoms with van der Waals surface area (Å²) in [6.45, 7) is 7.94. The molecule has 0 radical (unpaired) electrons. The van der Waals surface area contributed by atoms with Crippen molar-refractivity contribution in [1.82, 2.24) is 9.78 Å². The lowest BCUT2D eigenvalue weighted by Crippen LogP contribution is -1.93. The Balaban J connectivity index is 3.35. The highest BCUT2D eigenvalue weighted by Crippen LogP contribution is 2.19. The van der Waals surface area contributed by atoms with E-state index in [1.54, 1.807) is 13.3 Å². The number of aryl methyl sites for hydroxylation is 1. The summed E-state index contributed by atoms with van der Waals surface area (Å²) < 4.78 is 1.85. The van der Waals surface area contributed by atoms with Crippen molar-refractivity contribution < 1.29 is 0 Å². The Morgan fingerprint density at radius 3 is 2.69 bits per heavy atom. The summed E-state index contributed by atoms with van der Waals surface area (Å²) in [5.41, 5.74) is 4.16. The highest BCUT2D eigenvalue weighted by molar-refractivity contribution is 5.86. The zero-order chi connectivity index (χ0) is 10.0. The summed E-state index contributed by atoms with van der Waals surface area (Å²) in [6.07, 6.45) is 1.76. The van der Waals surface area contributed by atoms with Crippen molar-refractivity contribution in [2.24, 2.45) is 12.0 Å². The number of aliphatic imine (C=N–C) groups is 1. The minimum absolute atomic E-state index is 0.898. The van der Waals surface area contributed by atoms with E-state index in [4.69, 9.17) is 0 Å². The van der Waals surface area contributed by atoms with Crippen molar-refractivity contribution in [3.8, 4) is 0 Å². The Bertz CT molecular complexity index is 358. The quantitative estimate of drug-likeness (QED) is 0.634. The van der Waals surface area contributed by atoms with Crippen LogP contribution in [0.1, 0.15) is 23.9 Å². The average Bonchev–Trinajstić information content (AvgIpc) is 2.28. The van der Waals surface area contributed by atoms with Gasteiger partial charge in [0.1, 0.15) is 5.69 Å². The largest absolute Gasteiger partial charge is 0.294 e. The number of rotatable bonds is 2. The van der Waals surface area contributed by atoms with Gasteiger partial charge in [-0.05, 0) is 19.4 Å². The van der Waals surface area contributed by atoms with Crippen LogP contribution in [0.15, 0.2) is 11.6 Å². The lowest BCUT2D eigenvalue weighted by molar-refractivity contribution is 0.738. The third-order valence-electron chi connectivity index (χ3n) is 2.04. The lowest BCUT2D eigenvalue weighted by atomic mass is 10.1. The first-order valence-corrected chi connectivity index (χ1v) is 4.19. The van der Waals surface area contributed by atoms with Gasteiger partial charge in [-0.25, -0.2) is 0 Å². The second-order valence-electron chi connectivity index (χ2n) is 3.14. The van der Waals surface area contributed by atoms with Gasteiger partial charge in [-0.2, -0.15) is 5.10 Å². The number of nitrogens with zero attached hydrogens (tertiary/aromatic N) is 3. The lowest BCUT2D eigenvalue weighted by Gasteiger charge is -1.98. The van der Waals surface area contributed by atoms with Crippen LogP contribution >= 0.6 is 0 Å². The Hall–Kier alpha value is -1.38. The average molecular weight is 177 g/mol. The van der Waals surface area contributed by atoms with Crippen molar-refractivity contribution in [2.45, 2.75) is 13.8 Å². The van der Waals surface area contributed by atoms with Gasteiger partial charge in [0.15, 0.2) is 0 Å². The first kappa shape index (κ1) is 9.71. The molecule has 0 aliphatic carbocycles. The molecule has 0 aromatic carbocycles. The van der Waals surface area contributed by atoms with Crippen LogP contribution in [0.5, 0.6) is 0 Å². The molecule has 0 bridgehead atoms. The van der Waals surface area contributed by atoms with E-state index in [2.05, 4.69) is 16.7 Å². The molecule has 0 aliphatic rings. The van der Waals surface area contributed by atoms with Crippen LogP contribution in [0, 0.1) is 6.92 Å². The molecule has 13 heavy (non-hydrogen) atoms. The molecule has 1 heterocycles. The standard InChI is InChI=1S/C10H15N3/c1-7(2)10-8(3)13(5)12-9(10)6-11-4/h6H,1H2,2-5H3. The Kier molecular flexibility index (Phi) is 2.66. The van der Waals surface area contributed by atoms with E-state index < -0.39 is 0 Å². The topological polar surface area (TPSA) is 30.2 Å². The summed E-state index contributed by atoms with van der Waals surface area (Å²) in [4.78, 5) is 3.96. The molecular weight excluding hydrogens is 162 g/mol. The molecule has 1 aromatic heterocycles. The van der Waals surface area contributed by atoms with E-state index in [1.165, 1.54) is 0 Å². The summed E-state index contributed by atoms with van der Waals surface area (Å²) in [5.74, 6) is 0. The Morgan fingerprint density at radius 1 is 1.62 bits per heavy atom. The van der Waals surface area contributed by atoms with Crippen molar-refractivity contribution in [2.75, 3.05) is 7.05 Å². The molecule has 3 nitrogen and oxygen atoms in total. The molecule has 70 valence electrons. The Morgan fingerprint density at radius 2 is 2.23 bits per heavy atom. The van der Waals surface area contributed by atoms with Gasteiger partial charge >= 0.3 is 0 Å². The summed E-state index contributed by atoms with van der Waals surface area (Å²) in [5, 5.41) is 4.33. The van der Waals surface area contributed by atoms with Crippen LogP contribution < -0.4 is 0 Å². The molecule has 0 saturated carbocycles. The minimum atomic E-state index is 0.898. The fraction of sp³-hybridized carbons (Fsp3) is 0.400. The number of hydrogen-bond donors (Lipinski definition) is 0. The van der Waals surface area contributed by atoms with Gasteiger partial charge < -0.3 is 0 Å². The maximum absolute atomic E-state index is 4.33. The van der Waals surface area contributed by atoms with E-state index in [9.17, 15) is 0 Å². The molecule has 0 aliphatic heterocycles. The van der Waals surface area contributed by atoms with E-state index in [0.717, 1.165) is 22.5 Å². The van der Waals surface area contributed by atoms with Crippen molar-refractivity contribution in [3.05, 3.63) is 23.5 Å². The van der Waals surface area contributed by atoms with Crippen LogP contribution in [-0.2, 0) is 7.05 Å². The fourth-order valence-electron chi connectivity index (χ4n) is 1.37. The van der Waals surface area contributed by atoms with Crippen molar-refractivity contribution in [1.29, 1.82) is 0 Å². The summed E-state index contributed by atoms with van der Waals surface area (Å²) in [6, 6.07) is 0. The van der Waals surface area contributed by atoms with Gasteiger partial charge in [-0.3, -0.25) is 9.67 Å². The predicted molar refractivity (Wildman–Crippen MR) is 56.2 cm³/mol. The van der Waals surface area contributed by atoms with E-state index in [-0.39, 0.29) is 0 Å². The first-order valence-electron chi connectivity index (χ1n) is 4.19. The smallest absolute Gasteiger partial charge is 0.111 e. The highest BCUT2D eigenvalue weighted by atomic mass is 15.3. The molecule has 0 amide bonds. The third-order valence-corrected chi connectivity index (χ3v) is 2.04. The second kappa shape index (κ2) is 3.56. The minimum Gasteiger partial charge on any atom is -0.294 e. The predicted octanol–water partition coefficient (Wildman–Crippen LogP) is 1.81. The molecule has 3 heteroatoms. The number of aromatic nitrogens is 2. The summed E-state index contributed by atoms with van der Waals surface area (Å²) in [7, 11) is 3.67. The van der Waals surface area contributed by atoms with E-state index in [1.807, 2.05) is 25.6 Å². The van der Waals surface area contributed by atoms with Gasteiger partial charge in [0, 0.05) is 31.6 Å². The second-order valence-corrected chi connectivity index (χ2v) is 3.14. The van der Waals surface area contributed by atoms with Crippen LogP contribution in [0.3, 0.4) is 0 Å². The van der Waals surface area contributed by atoms with E-state index >= 15 is 0 Å². The van der Waals surface area contributed by atoms with Crippen LogP contribution in [0.25, 0.3) is 5.57 Å². The maximum atomic E-state index is 4.33. The third kappa shape index (κ3) is 1.69. The highest BCUT2D eigenvalue weighted by Gasteiger charge is 2.10. The molecule has 0 atom stereocenters. The zero-order valence-electron chi connectivity index (χ0n) is 8.63. The number of allylic oxidation sites excluding steroid dienone is 1. The first-order chi connectivity index (χ1) is 6.07. The molecular formula is C10H15N3. The van der Waals surface area contributed by atoms with Crippen LogP contribution in [-0.4, -0.2) is 23.0 Å².